The summed E-state index contributed by atoms with van der Waals surface area (Å²) in [5.41, 5.74) is 5.65. The average molecular weight is 314 g/mol. The van der Waals surface area contributed by atoms with Crippen molar-refractivity contribution < 1.29 is 0 Å². The molecule has 118 valence electrons. The van der Waals surface area contributed by atoms with Gasteiger partial charge in [0.1, 0.15) is 0 Å². The van der Waals surface area contributed by atoms with E-state index < -0.39 is 0 Å². The van der Waals surface area contributed by atoms with Gasteiger partial charge < -0.3 is 0 Å². The van der Waals surface area contributed by atoms with Crippen molar-refractivity contribution in [1.29, 1.82) is 0 Å². The Bertz CT molecular complexity index is 771. The second-order valence-corrected chi connectivity index (χ2v) is 5.59. The lowest BCUT2D eigenvalue weighted by Gasteiger charge is -1.96. The van der Waals surface area contributed by atoms with Crippen LogP contribution in [0.3, 0.4) is 0 Å². The molecule has 0 N–H and O–H groups in total. The van der Waals surface area contributed by atoms with Crippen molar-refractivity contribution in [2.24, 2.45) is 20.5 Å². The van der Waals surface area contributed by atoms with Gasteiger partial charge in [-0.05, 0) is 62.4 Å². The number of aryl methyl sites for hydroxylation is 2. The second kappa shape index (κ2) is 7.42. The summed E-state index contributed by atoms with van der Waals surface area (Å²) in [5, 5.41) is 16.9. The first-order valence-electron chi connectivity index (χ1n) is 7.76. The van der Waals surface area contributed by atoms with Gasteiger partial charge in [0.05, 0.1) is 22.7 Å². The Labute approximate surface area is 141 Å². The van der Waals surface area contributed by atoms with Crippen LogP contribution in [0.5, 0.6) is 0 Å². The molecule has 0 heterocycles. The van der Waals surface area contributed by atoms with Crippen molar-refractivity contribution in [2.45, 2.75) is 13.8 Å². The summed E-state index contributed by atoms with van der Waals surface area (Å²) in [5.74, 6) is 0. The summed E-state index contributed by atoms with van der Waals surface area (Å²) < 4.78 is 0. The number of benzene rings is 3. The largest absolute Gasteiger partial charge is 0.151 e. The number of azo groups is 2. The number of hydrogen-bond donors (Lipinski definition) is 0. The highest BCUT2D eigenvalue weighted by Gasteiger charge is 1.94. The molecule has 0 spiro atoms. The lowest BCUT2D eigenvalue weighted by molar-refractivity contribution is 1.21. The minimum Gasteiger partial charge on any atom is -0.151 e. The van der Waals surface area contributed by atoms with Crippen LogP contribution in [0.15, 0.2) is 93.3 Å². The monoisotopic (exact) mass is 314 g/mol. The van der Waals surface area contributed by atoms with E-state index in [0.717, 1.165) is 22.7 Å². The first kappa shape index (κ1) is 15.7. The Morgan fingerprint density at radius 2 is 0.583 bits per heavy atom. The number of hydrogen-bond acceptors (Lipinski definition) is 4. The maximum Gasteiger partial charge on any atom is 0.0858 e. The molecule has 0 amide bonds. The zero-order valence-electron chi connectivity index (χ0n) is 13.7. The highest BCUT2D eigenvalue weighted by Crippen LogP contribution is 2.23. The van der Waals surface area contributed by atoms with E-state index in [1.807, 2.05) is 86.6 Å². The van der Waals surface area contributed by atoms with Gasteiger partial charge in [-0.25, -0.2) is 0 Å². The molecule has 0 unspecified atom stereocenters. The van der Waals surface area contributed by atoms with Crippen LogP contribution in [0.25, 0.3) is 0 Å². The predicted molar refractivity (Wildman–Crippen MR) is 97.2 cm³/mol. The van der Waals surface area contributed by atoms with Gasteiger partial charge in [0.25, 0.3) is 0 Å². The molecule has 0 saturated carbocycles. The van der Waals surface area contributed by atoms with Crippen molar-refractivity contribution in [1.82, 2.24) is 0 Å². The lowest BCUT2D eigenvalue weighted by atomic mass is 10.2. The maximum atomic E-state index is 4.23. The minimum atomic E-state index is 0.782. The molecule has 0 radical (unpaired) electrons. The van der Waals surface area contributed by atoms with Crippen LogP contribution in [-0.4, -0.2) is 0 Å². The number of nitrogens with zero attached hydrogens (tertiary/aromatic N) is 4. The molecule has 0 aliphatic rings. The molecule has 0 aliphatic carbocycles. The van der Waals surface area contributed by atoms with Crippen LogP contribution < -0.4 is 0 Å². The van der Waals surface area contributed by atoms with Crippen molar-refractivity contribution in [2.75, 3.05) is 0 Å². The fourth-order valence-electron chi connectivity index (χ4n) is 2.04. The van der Waals surface area contributed by atoms with Gasteiger partial charge in [-0.15, -0.1) is 0 Å². The van der Waals surface area contributed by atoms with Gasteiger partial charge in [0.15, 0.2) is 0 Å². The summed E-state index contributed by atoms with van der Waals surface area (Å²) >= 11 is 0. The fraction of sp³-hybridized carbons (Fsp3) is 0.100. The van der Waals surface area contributed by atoms with Crippen molar-refractivity contribution in [3.8, 4) is 0 Å². The molecule has 3 aromatic carbocycles. The summed E-state index contributed by atoms with van der Waals surface area (Å²) in [6.45, 7) is 4.09. The van der Waals surface area contributed by atoms with Gasteiger partial charge in [-0.3, -0.25) is 0 Å². The van der Waals surface area contributed by atoms with E-state index in [4.69, 9.17) is 0 Å². The molecule has 4 nitrogen and oxygen atoms in total. The molecular formula is C20H18N4. The second-order valence-electron chi connectivity index (χ2n) is 5.59. The maximum absolute atomic E-state index is 4.23. The molecule has 24 heavy (non-hydrogen) atoms. The lowest BCUT2D eigenvalue weighted by Crippen LogP contribution is -1.69. The molecule has 0 atom stereocenters. The SMILES string of the molecule is Cc1ccc(N=Nc2ccc(N=Nc3ccc(C)cc3)cc2)cc1. The van der Waals surface area contributed by atoms with Crippen molar-refractivity contribution in [3.63, 3.8) is 0 Å². The van der Waals surface area contributed by atoms with Crippen LogP contribution in [0.1, 0.15) is 11.1 Å². The molecule has 3 aromatic rings. The van der Waals surface area contributed by atoms with Crippen LogP contribution in [-0.2, 0) is 0 Å². The molecule has 3 rings (SSSR count). The Morgan fingerprint density at radius 3 is 0.833 bits per heavy atom. The molecule has 0 aliphatic heterocycles. The highest BCUT2D eigenvalue weighted by atomic mass is 15.1. The number of rotatable bonds is 4. The smallest absolute Gasteiger partial charge is 0.0858 e. The predicted octanol–water partition coefficient (Wildman–Crippen LogP) is 7.13. The van der Waals surface area contributed by atoms with E-state index in [9.17, 15) is 0 Å². The summed E-state index contributed by atoms with van der Waals surface area (Å²) in [7, 11) is 0. The van der Waals surface area contributed by atoms with Crippen molar-refractivity contribution in [3.05, 3.63) is 83.9 Å². The third-order valence-corrected chi connectivity index (χ3v) is 3.48. The Balaban J connectivity index is 1.66. The first-order valence-corrected chi connectivity index (χ1v) is 7.76. The van der Waals surface area contributed by atoms with E-state index in [0.29, 0.717) is 0 Å². The van der Waals surface area contributed by atoms with Crippen molar-refractivity contribution >= 4 is 22.7 Å². The van der Waals surface area contributed by atoms with E-state index in [-0.39, 0.29) is 0 Å². The zero-order valence-corrected chi connectivity index (χ0v) is 13.7. The average Bonchev–Trinajstić information content (AvgIpc) is 2.62. The van der Waals surface area contributed by atoms with Crippen LogP contribution >= 0.6 is 0 Å². The summed E-state index contributed by atoms with van der Waals surface area (Å²) in [4.78, 5) is 0. The summed E-state index contributed by atoms with van der Waals surface area (Å²) in [6, 6.07) is 23.4. The van der Waals surface area contributed by atoms with Gasteiger partial charge >= 0.3 is 0 Å². The van der Waals surface area contributed by atoms with Gasteiger partial charge in [0.2, 0.25) is 0 Å². The Kier molecular flexibility index (Phi) is 4.87. The third-order valence-electron chi connectivity index (χ3n) is 3.48. The third kappa shape index (κ3) is 4.43. The van der Waals surface area contributed by atoms with E-state index in [1.54, 1.807) is 0 Å². The normalized spacial score (nSPS) is 11.4. The minimum absolute atomic E-state index is 0.782. The topological polar surface area (TPSA) is 49.4 Å². The van der Waals surface area contributed by atoms with E-state index in [2.05, 4.69) is 20.5 Å². The van der Waals surface area contributed by atoms with Gasteiger partial charge in [0, 0.05) is 0 Å². The van der Waals surface area contributed by atoms with Crippen LogP contribution in [0, 0.1) is 13.8 Å². The van der Waals surface area contributed by atoms with E-state index >= 15 is 0 Å². The molecule has 0 fully saturated rings. The standard InChI is InChI=1S/C20H18N4/c1-15-3-7-17(8-4-15)21-23-19-11-13-20(14-12-19)24-22-18-9-5-16(2)6-10-18/h3-14H,1-2H3. The Hall–Kier alpha value is -3.14. The Morgan fingerprint density at radius 1 is 0.375 bits per heavy atom. The van der Waals surface area contributed by atoms with Gasteiger partial charge in [-0.2, -0.15) is 20.5 Å². The fourth-order valence-corrected chi connectivity index (χ4v) is 2.04. The molecule has 0 saturated heterocycles. The first-order chi connectivity index (χ1) is 11.7. The molecule has 0 bridgehead atoms. The molecular weight excluding hydrogens is 296 g/mol. The molecule has 0 aromatic heterocycles. The highest BCUT2D eigenvalue weighted by molar-refractivity contribution is 5.48. The van der Waals surface area contributed by atoms with Crippen LogP contribution in [0.2, 0.25) is 0 Å². The zero-order chi connectivity index (χ0) is 16.8. The molecule has 4 heteroatoms. The van der Waals surface area contributed by atoms with Gasteiger partial charge in [-0.1, -0.05) is 35.4 Å². The summed E-state index contributed by atoms with van der Waals surface area (Å²) in [6.07, 6.45) is 0. The van der Waals surface area contributed by atoms with Crippen LogP contribution in [0.4, 0.5) is 22.7 Å². The van der Waals surface area contributed by atoms with E-state index in [1.165, 1.54) is 11.1 Å². The quantitative estimate of drug-likeness (QED) is 0.460.